The molecule has 0 atom stereocenters. The Hall–Kier alpha value is -3.58. The number of aliphatic hydroxyl groups is 1. The van der Waals surface area contributed by atoms with Crippen molar-refractivity contribution in [3.05, 3.63) is 36.4 Å². The van der Waals surface area contributed by atoms with E-state index in [0.717, 1.165) is 152 Å². The van der Waals surface area contributed by atoms with Crippen molar-refractivity contribution < 1.29 is 33.5 Å². The van der Waals surface area contributed by atoms with Gasteiger partial charge in [0.1, 0.15) is 0 Å². The molecule has 294 valence electrons. The minimum atomic E-state index is 0.0669. The first-order valence-corrected chi connectivity index (χ1v) is 21.0. The molecule has 0 spiro atoms. The molecule has 1 N–H and O–H groups in total. The van der Waals surface area contributed by atoms with Gasteiger partial charge < -0.3 is 33.5 Å². The molecule has 0 aromatic heterocycles. The van der Waals surface area contributed by atoms with Crippen LogP contribution in [0.5, 0.6) is 34.5 Å². The molecule has 4 aromatic rings. The third kappa shape index (κ3) is 12.5. The lowest BCUT2D eigenvalue weighted by atomic mass is 9.93. The van der Waals surface area contributed by atoms with Crippen LogP contribution in [0.25, 0.3) is 32.3 Å². The van der Waals surface area contributed by atoms with Crippen molar-refractivity contribution in [2.24, 2.45) is 0 Å². The number of rotatable bonds is 29. The summed E-state index contributed by atoms with van der Waals surface area (Å²) in [6.45, 7) is 14.7. The first-order valence-electron chi connectivity index (χ1n) is 21.0. The van der Waals surface area contributed by atoms with E-state index in [9.17, 15) is 5.11 Å². The van der Waals surface area contributed by atoms with Crippen LogP contribution in [0, 0.1) is 0 Å². The first-order chi connectivity index (χ1) is 26.1. The van der Waals surface area contributed by atoms with Crippen molar-refractivity contribution in [3.63, 3.8) is 0 Å². The molecule has 0 fully saturated rings. The standard InChI is InChI=1S/C46H68O7/c1-6-11-16-23-48-41-29-35-36-30-42(49-24-17-12-7-2)44(51-26-19-14-9-4)32-38(36)40-34-46(53-28-21-22-47)45(52-27-20-15-10-5)33-39(40)37(35)31-43(41)50-25-18-13-8-3/h29-34,47H,6-28H2,1-5H3. The van der Waals surface area contributed by atoms with Crippen molar-refractivity contribution in [2.75, 3.05) is 46.2 Å². The van der Waals surface area contributed by atoms with Crippen molar-refractivity contribution in [3.8, 4) is 34.5 Å². The fourth-order valence-electron chi connectivity index (χ4n) is 6.61. The molecule has 0 unspecified atom stereocenters. The topological polar surface area (TPSA) is 75.6 Å². The molecule has 0 aliphatic heterocycles. The Morgan fingerprint density at radius 2 is 0.491 bits per heavy atom. The van der Waals surface area contributed by atoms with Gasteiger partial charge in [0, 0.05) is 13.0 Å². The second kappa shape index (κ2) is 24.0. The molecule has 4 aromatic carbocycles. The molecule has 0 saturated carbocycles. The summed E-state index contributed by atoms with van der Waals surface area (Å²) in [6, 6.07) is 12.9. The van der Waals surface area contributed by atoms with Gasteiger partial charge in [0.2, 0.25) is 0 Å². The maximum absolute atomic E-state index is 9.56. The predicted molar refractivity (Wildman–Crippen MR) is 221 cm³/mol. The molecule has 7 nitrogen and oxygen atoms in total. The quantitative estimate of drug-likeness (QED) is 0.0440. The molecule has 0 amide bonds. The van der Waals surface area contributed by atoms with Gasteiger partial charge in [-0.15, -0.1) is 0 Å². The third-order valence-corrected chi connectivity index (χ3v) is 9.71. The monoisotopic (exact) mass is 732 g/mol. The Balaban J connectivity index is 2.00. The molecular formula is C46H68O7. The highest BCUT2D eigenvalue weighted by Crippen LogP contribution is 2.47. The highest BCUT2D eigenvalue weighted by atomic mass is 16.5. The lowest BCUT2D eigenvalue weighted by Crippen LogP contribution is -2.05. The summed E-state index contributed by atoms with van der Waals surface area (Å²) in [7, 11) is 0. The van der Waals surface area contributed by atoms with Crippen molar-refractivity contribution in [1.29, 1.82) is 0 Å². The van der Waals surface area contributed by atoms with Crippen LogP contribution in [0.4, 0.5) is 0 Å². The fourth-order valence-corrected chi connectivity index (χ4v) is 6.61. The maximum Gasteiger partial charge on any atom is 0.161 e. The van der Waals surface area contributed by atoms with Gasteiger partial charge in [-0.25, -0.2) is 0 Å². The molecule has 53 heavy (non-hydrogen) atoms. The number of aliphatic hydroxyl groups excluding tert-OH is 1. The van der Waals surface area contributed by atoms with E-state index in [1.165, 1.54) is 0 Å². The first kappa shape index (κ1) is 42.2. The van der Waals surface area contributed by atoms with E-state index in [1.807, 2.05) is 0 Å². The zero-order valence-corrected chi connectivity index (χ0v) is 33.6. The van der Waals surface area contributed by atoms with Crippen LogP contribution < -0.4 is 28.4 Å². The Morgan fingerprint density at radius 1 is 0.302 bits per heavy atom. The third-order valence-electron chi connectivity index (χ3n) is 9.71. The van der Waals surface area contributed by atoms with Gasteiger partial charge in [0.05, 0.1) is 39.6 Å². The van der Waals surface area contributed by atoms with Crippen LogP contribution in [0.2, 0.25) is 0 Å². The molecular weight excluding hydrogens is 664 g/mol. The van der Waals surface area contributed by atoms with Crippen LogP contribution in [0.3, 0.4) is 0 Å². The summed E-state index contributed by atoms with van der Waals surface area (Å²) in [4.78, 5) is 0. The summed E-state index contributed by atoms with van der Waals surface area (Å²) in [6.07, 6.45) is 16.7. The van der Waals surface area contributed by atoms with Gasteiger partial charge in [-0.05, 0) is 101 Å². The van der Waals surface area contributed by atoms with E-state index in [-0.39, 0.29) is 6.61 Å². The number of fused-ring (bicyclic) bond motifs is 6. The Labute approximate surface area is 319 Å². The molecule has 0 aliphatic carbocycles. The van der Waals surface area contributed by atoms with Gasteiger partial charge in [-0.2, -0.15) is 0 Å². The average Bonchev–Trinajstić information content (AvgIpc) is 3.17. The minimum absolute atomic E-state index is 0.0669. The lowest BCUT2D eigenvalue weighted by molar-refractivity contribution is 0.222. The number of hydrogen-bond acceptors (Lipinski definition) is 7. The predicted octanol–water partition coefficient (Wildman–Crippen LogP) is 12.8. The van der Waals surface area contributed by atoms with Gasteiger partial charge >= 0.3 is 0 Å². The van der Waals surface area contributed by atoms with Crippen molar-refractivity contribution in [1.82, 2.24) is 0 Å². The zero-order chi connectivity index (χ0) is 37.7. The van der Waals surface area contributed by atoms with E-state index in [0.29, 0.717) is 57.6 Å². The van der Waals surface area contributed by atoms with Gasteiger partial charge in [-0.1, -0.05) is 98.8 Å². The summed E-state index contributed by atoms with van der Waals surface area (Å²) in [5.41, 5.74) is 0. The summed E-state index contributed by atoms with van der Waals surface area (Å²) >= 11 is 0. The number of ether oxygens (including phenoxy) is 6. The summed E-state index contributed by atoms with van der Waals surface area (Å²) in [5.74, 6) is 4.47. The maximum atomic E-state index is 9.56. The minimum Gasteiger partial charge on any atom is -0.490 e. The molecule has 7 heteroatoms. The Kier molecular flexibility index (Phi) is 19.1. The van der Waals surface area contributed by atoms with Gasteiger partial charge in [-0.3, -0.25) is 0 Å². The second-order valence-corrected chi connectivity index (χ2v) is 14.2. The highest BCUT2D eigenvalue weighted by molar-refractivity contribution is 6.26. The normalized spacial score (nSPS) is 11.4. The van der Waals surface area contributed by atoms with Gasteiger partial charge in [0.25, 0.3) is 0 Å². The largest absolute Gasteiger partial charge is 0.490 e. The van der Waals surface area contributed by atoms with E-state index in [1.54, 1.807) is 0 Å². The van der Waals surface area contributed by atoms with Crippen LogP contribution in [-0.2, 0) is 0 Å². The second-order valence-electron chi connectivity index (χ2n) is 14.2. The highest BCUT2D eigenvalue weighted by Gasteiger charge is 2.20. The molecule has 0 bridgehead atoms. The van der Waals surface area contributed by atoms with E-state index >= 15 is 0 Å². The number of hydrogen-bond donors (Lipinski definition) is 1. The SMILES string of the molecule is CCCCCOc1cc2c(cc1OCCCO)c1cc(OCCCCC)c(OCCCCC)cc1c1cc(OCCCCC)c(OCCCCC)cc21. The van der Waals surface area contributed by atoms with Crippen LogP contribution in [0.1, 0.15) is 137 Å². The zero-order valence-electron chi connectivity index (χ0n) is 33.6. The van der Waals surface area contributed by atoms with Crippen molar-refractivity contribution >= 4 is 32.3 Å². The fraction of sp³-hybridized carbons (Fsp3) is 0.609. The average molecular weight is 733 g/mol. The molecule has 0 aliphatic rings. The molecule has 4 rings (SSSR count). The Bertz CT molecular complexity index is 1600. The molecule has 0 radical (unpaired) electrons. The lowest BCUT2D eigenvalue weighted by Gasteiger charge is -2.20. The summed E-state index contributed by atoms with van der Waals surface area (Å²) < 4.78 is 38.8. The van der Waals surface area contributed by atoms with Crippen LogP contribution >= 0.6 is 0 Å². The number of benzene rings is 4. The number of unbranched alkanes of at least 4 members (excludes halogenated alkanes) is 10. The van der Waals surface area contributed by atoms with Crippen LogP contribution in [0.15, 0.2) is 36.4 Å². The van der Waals surface area contributed by atoms with E-state index in [4.69, 9.17) is 28.4 Å². The summed E-state index contributed by atoms with van der Waals surface area (Å²) in [5, 5.41) is 15.9. The van der Waals surface area contributed by atoms with Gasteiger partial charge in [0.15, 0.2) is 34.5 Å². The molecule has 0 heterocycles. The Morgan fingerprint density at radius 3 is 0.660 bits per heavy atom. The van der Waals surface area contributed by atoms with Crippen molar-refractivity contribution in [2.45, 2.75) is 137 Å². The van der Waals surface area contributed by atoms with E-state index < -0.39 is 0 Å². The molecule has 0 saturated heterocycles. The van der Waals surface area contributed by atoms with E-state index in [2.05, 4.69) is 71.0 Å². The van der Waals surface area contributed by atoms with Crippen LogP contribution in [-0.4, -0.2) is 51.4 Å². The smallest absolute Gasteiger partial charge is 0.161 e.